The number of nitrogens with zero attached hydrogens (tertiary/aromatic N) is 1. The molecule has 126 valence electrons. The fraction of sp³-hybridized carbons (Fsp3) is 0.556. The van der Waals surface area contributed by atoms with E-state index in [-0.39, 0.29) is 30.2 Å². The standard InChI is InChI=1S/C18H26N2O3/c1-4-10-23-16-8-6-15(7-9-16)20-12-14(11-17(20)21)18(22)19-13(3)5-2/h6-9,13-14H,4-5,10-12H2,1-3H3,(H,19,22)/t13-,14+/m1/s1. The molecule has 5 nitrogen and oxygen atoms in total. The Morgan fingerprint density at radius 1 is 1.35 bits per heavy atom. The van der Waals surface area contributed by atoms with Crippen LogP contribution in [0, 0.1) is 5.92 Å². The molecular weight excluding hydrogens is 292 g/mol. The predicted octanol–water partition coefficient (Wildman–Crippen LogP) is 2.74. The normalized spacial score (nSPS) is 18.8. The minimum Gasteiger partial charge on any atom is -0.494 e. The van der Waals surface area contributed by atoms with Crippen LogP contribution in [-0.2, 0) is 9.59 Å². The zero-order valence-corrected chi connectivity index (χ0v) is 14.2. The van der Waals surface area contributed by atoms with Crippen LogP contribution in [0.2, 0.25) is 0 Å². The molecule has 0 bridgehead atoms. The Labute approximate surface area is 138 Å². The first-order chi connectivity index (χ1) is 11.0. The number of carbonyl (C=O) groups is 2. The lowest BCUT2D eigenvalue weighted by molar-refractivity contribution is -0.126. The summed E-state index contributed by atoms with van der Waals surface area (Å²) in [5.74, 6) is 0.496. The summed E-state index contributed by atoms with van der Waals surface area (Å²) >= 11 is 0. The van der Waals surface area contributed by atoms with Crippen molar-refractivity contribution in [3.05, 3.63) is 24.3 Å². The second-order valence-corrected chi connectivity index (χ2v) is 6.07. The van der Waals surface area contributed by atoms with E-state index >= 15 is 0 Å². The summed E-state index contributed by atoms with van der Waals surface area (Å²) in [7, 11) is 0. The Balaban J connectivity index is 1.98. The largest absolute Gasteiger partial charge is 0.494 e. The highest BCUT2D eigenvalue weighted by Crippen LogP contribution is 2.27. The fourth-order valence-corrected chi connectivity index (χ4v) is 2.54. The van der Waals surface area contributed by atoms with Crippen molar-refractivity contribution in [1.82, 2.24) is 5.32 Å². The summed E-state index contributed by atoms with van der Waals surface area (Å²) in [5, 5.41) is 2.96. The summed E-state index contributed by atoms with van der Waals surface area (Å²) in [6.45, 7) is 7.18. The van der Waals surface area contributed by atoms with E-state index in [0.29, 0.717) is 13.2 Å². The van der Waals surface area contributed by atoms with E-state index < -0.39 is 0 Å². The van der Waals surface area contributed by atoms with Crippen LogP contribution in [0.3, 0.4) is 0 Å². The summed E-state index contributed by atoms with van der Waals surface area (Å²) < 4.78 is 5.55. The first-order valence-electron chi connectivity index (χ1n) is 8.38. The van der Waals surface area contributed by atoms with Crippen molar-refractivity contribution in [2.45, 2.75) is 46.1 Å². The van der Waals surface area contributed by atoms with Crippen molar-refractivity contribution in [3.63, 3.8) is 0 Å². The van der Waals surface area contributed by atoms with Gasteiger partial charge in [-0.3, -0.25) is 9.59 Å². The van der Waals surface area contributed by atoms with Gasteiger partial charge in [-0.05, 0) is 44.0 Å². The molecule has 1 aromatic rings. The minimum atomic E-state index is -0.271. The molecule has 0 aromatic heterocycles. The van der Waals surface area contributed by atoms with E-state index in [9.17, 15) is 9.59 Å². The van der Waals surface area contributed by atoms with Crippen molar-refractivity contribution < 1.29 is 14.3 Å². The van der Waals surface area contributed by atoms with Crippen LogP contribution in [0.15, 0.2) is 24.3 Å². The quantitative estimate of drug-likeness (QED) is 0.841. The lowest BCUT2D eigenvalue weighted by Gasteiger charge is -2.18. The summed E-state index contributed by atoms with van der Waals surface area (Å²) in [4.78, 5) is 26.1. The van der Waals surface area contributed by atoms with Crippen LogP contribution >= 0.6 is 0 Å². The Kier molecular flexibility index (Phi) is 6.02. The molecule has 0 radical (unpaired) electrons. The summed E-state index contributed by atoms with van der Waals surface area (Å²) in [5.41, 5.74) is 0.817. The first-order valence-corrected chi connectivity index (χ1v) is 8.38. The third-order valence-electron chi connectivity index (χ3n) is 4.12. The van der Waals surface area contributed by atoms with E-state index in [2.05, 4.69) is 12.2 Å². The molecule has 2 amide bonds. The number of hydrogen-bond acceptors (Lipinski definition) is 3. The van der Waals surface area contributed by atoms with Gasteiger partial charge in [-0.2, -0.15) is 0 Å². The first kappa shape index (κ1) is 17.3. The molecule has 1 heterocycles. The Hall–Kier alpha value is -2.04. The SMILES string of the molecule is CCCOc1ccc(N2C[C@@H](C(=O)N[C@H](C)CC)CC2=O)cc1. The highest BCUT2D eigenvalue weighted by molar-refractivity contribution is 6.00. The number of benzene rings is 1. The van der Waals surface area contributed by atoms with Gasteiger partial charge in [-0.15, -0.1) is 0 Å². The molecule has 1 aliphatic rings. The molecule has 1 aromatic carbocycles. The summed E-state index contributed by atoms with van der Waals surface area (Å²) in [6.07, 6.45) is 2.12. The second kappa shape index (κ2) is 7.99. The molecule has 2 rings (SSSR count). The Bertz CT molecular complexity index is 542. The highest BCUT2D eigenvalue weighted by atomic mass is 16.5. The van der Waals surface area contributed by atoms with Crippen LogP contribution < -0.4 is 15.0 Å². The van der Waals surface area contributed by atoms with Crippen molar-refractivity contribution in [2.24, 2.45) is 5.92 Å². The maximum absolute atomic E-state index is 12.2. The average Bonchev–Trinajstić information content (AvgIpc) is 2.95. The lowest BCUT2D eigenvalue weighted by Crippen LogP contribution is -2.38. The number of nitrogens with one attached hydrogen (secondary N) is 1. The van der Waals surface area contributed by atoms with Gasteiger partial charge in [0.25, 0.3) is 0 Å². The van der Waals surface area contributed by atoms with Crippen molar-refractivity contribution in [3.8, 4) is 5.75 Å². The number of rotatable bonds is 7. The van der Waals surface area contributed by atoms with Crippen LogP contribution in [0.1, 0.15) is 40.0 Å². The van der Waals surface area contributed by atoms with Gasteiger partial charge < -0.3 is 15.0 Å². The zero-order chi connectivity index (χ0) is 16.8. The number of carbonyl (C=O) groups excluding carboxylic acids is 2. The van der Waals surface area contributed by atoms with E-state index in [1.165, 1.54) is 0 Å². The maximum atomic E-state index is 12.2. The Morgan fingerprint density at radius 2 is 2.04 bits per heavy atom. The average molecular weight is 318 g/mol. The van der Waals surface area contributed by atoms with Gasteiger partial charge in [0.2, 0.25) is 11.8 Å². The van der Waals surface area contributed by atoms with E-state index in [4.69, 9.17) is 4.74 Å². The minimum absolute atomic E-state index is 0.00321. The molecule has 1 aliphatic heterocycles. The molecule has 1 N–H and O–H groups in total. The van der Waals surface area contributed by atoms with E-state index in [0.717, 1.165) is 24.3 Å². The third kappa shape index (κ3) is 4.47. The van der Waals surface area contributed by atoms with E-state index in [1.807, 2.05) is 38.1 Å². The van der Waals surface area contributed by atoms with Gasteiger partial charge in [0.15, 0.2) is 0 Å². The van der Waals surface area contributed by atoms with Crippen LogP contribution in [0.5, 0.6) is 5.75 Å². The van der Waals surface area contributed by atoms with Crippen molar-refractivity contribution >= 4 is 17.5 Å². The second-order valence-electron chi connectivity index (χ2n) is 6.07. The topological polar surface area (TPSA) is 58.6 Å². The molecule has 0 saturated carbocycles. The predicted molar refractivity (Wildman–Crippen MR) is 90.6 cm³/mol. The van der Waals surface area contributed by atoms with Gasteiger partial charge in [0.05, 0.1) is 12.5 Å². The van der Waals surface area contributed by atoms with Crippen LogP contribution in [-0.4, -0.2) is 31.0 Å². The molecule has 1 saturated heterocycles. The molecule has 0 aliphatic carbocycles. The smallest absolute Gasteiger partial charge is 0.227 e. The molecule has 0 unspecified atom stereocenters. The lowest BCUT2D eigenvalue weighted by atomic mass is 10.1. The molecular formula is C18H26N2O3. The third-order valence-corrected chi connectivity index (χ3v) is 4.12. The van der Waals surface area contributed by atoms with Crippen molar-refractivity contribution in [2.75, 3.05) is 18.1 Å². The van der Waals surface area contributed by atoms with Crippen molar-refractivity contribution in [1.29, 1.82) is 0 Å². The molecule has 0 spiro atoms. The molecule has 2 atom stereocenters. The maximum Gasteiger partial charge on any atom is 0.227 e. The number of anilines is 1. The summed E-state index contributed by atoms with van der Waals surface area (Å²) in [6, 6.07) is 7.62. The highest BCUT2D eigenvalue weighted by Gasteiger charge is 2.35. The fourth-order valence-electron chi connectivity index (χ4n) is 2.54. The number of ether oxygens (including phenoxy) is 1. The zero-order valence-electron chi connectivity index (χ0n) is 14.2. The number of amides is 2. The van der Waals surface area contributed by atoms with Gasteiger partial charge >= 0.3 is 0 Å². The van der Waals surface area contributed by atoms with E-state index in [1.54, 1.807) is 4.90 Å². The van der Waals surface area contributed by atoms with Gasteiger partial charge in [-0.25, -0.2) is 0 Å². The van der Waals surface area contributed by atoms with Gasteiger partial charge in [-0.1, -0.05) is 13.8 Å². The molecule has 23 heavy (non-hydrogen) atoms. The van der Waals surface area contributed by atoms with Gasteiger partial charge in [0.1, 0.15) is 5.75 Å². The van der Waals surface area contributed by atoms with Crippen LogP contribution in [0.4, 0.5) is 5.69 Å². The van der Waals surface area contributed by atoms with Gasteiger partial charge in [0, 0.05) is 24.7 Å². The Morgan fingerprint density at radius 3 is 2.65 bits per heavy atom. The molecule has 1 fully saturated rings. The number of hydrogen-bond donors (Lipinski definition) is 1. The van der Waals surface area contributed by atoms with Crippen LogP contribution in [0.25, 0.3) is 0 Å². The monoisotopic (exact) mass is 318 g/mol. The molecule has 5 heteroatoms.